The van der Waals surface area contributed by atoms with Gasteiger partial charge in [0.1, 0.15) is 11.3 Å². The van der Waals surface area contributed by atoms with Crippen molar-refractivity contribution in [3.8, 4) is 50.4 Å². The molecule has 0 amide bonds. The summed E-state index contributed by atoms with van der Waals surface area (Å²) in [6.45, 7) is 16.6. The van der Waals surface area contributed by atoms with Gasteiger partial charge in [0, 0.05) is 55.4 Å². The molecule has 1 aliphatic carbocycles. The van der Waals surface area contributed by atoms with Crippen LogP contribution in [0.25, 0.3) is 83.2 Å². The molecule has 0 unspecified atom stereocenters. The van der Waals surface area contributed by atoms with Gasteiger partial charge in [-0.25, -0.2) is 0 Å². The maximum atomic E-state index is 7.03. The normalized spacial score (nSPS) is 14.8. The zero-order chi connectivity index (χ0) is 45.1. The lowest BCUT2D eigenvalue weighted by Gasteiger charge is -2.42. The highest BCUT2D eigenvalue weighted by molar-refractivity contribution is 6.74. The molecule has 8 aromatic carbocycles. The Labute approximate surface area is 389 Å². The van der Waals surface area contributed by atoms with Gasteiger partial charge in [-0.3, -0.25) is 0 Å². The number of nitrogens with zero attached hydrogens (tertiary/aromatic N) is 1. The minimum atomic E-state index is 0.0327. The topological polar surface area (TPSA) is 30.1 Å². The van der Waals surface area contributed by atoms with E-state index in [9.17, 15) is 0 Å². The first-order valence-electron chi connectivity index (χ1n) is 23.6. The number of para-hydroxylation sites is 1. The molecule has 2 aliphatic rings. The van der Waals surface area contributed by atoms with Crippen molar-refractivity contribution in [2.75, 3.05) is 5.32 Å². The molecule has 3 heterocycles. The second-order valence-corrected chi connectivity index (χ2v) is 21.1. The van der Waals surface area contributed by atoms with Gasteiger partial charge in [0.2, 0.25) is 0 Å². The van der Waals surface area contributed by atoms with Crippen LogP contribution in [0, 0.1) is 0 Å². The highest BCUT2D eigenvalue weighted by Crippen LogP contribution is 2.51. The van der Waals surface area contributed by atoms with Crippen LogP contribution in [0.3, 0.4) is 0 Å². The molecule has 321 valence electrons. The Morgan fingerprint density at radius 3 is 1.85 bits per heavy atom. The van der Waals surface area contributed by atoms with E-state index in [1.165, 1.54) is 66.3 Å². The third kappa shape index (κ3) is 6.40. The van der Waals surface area contributed by atoms with Crippen molar-refractivity contribution in [1.82, 2.24) is 4.57 Å². The maximum Gasteiger partial charge on any atom is 0.198 e. The van der Waals surface area contributed by atoms with Gasteiger partial charge in [-0.1, -0.05) is 175 Å². The number of benzene rings is 8. The van der Waals surface area contributed by atoms with Crippen LogP contribution < -0.4 is 16.2 Å². The molecular formula is C62H54BN2O. The molecule has 10 aromatic rings. The van der Waals surface area contributed by atoms with Crippen LogP contribution in [0.5, 0.6) is 0 Å². The van der Waals surface area contributed by atoms with Gasteiger partial charge in [0.25, 0.3) is 0 Å². The van der Waals surface area contributed by atoms with Gasteiger partial charge >= 0.3 is 0 Å². The third-order valence-corrected chi connectivity index (χ3v) is 14.9. The number of rotatable bonds is 6. The molecule has 3 nitrogen and oxygen atoms in total. The fourth-order valence-corrected chi connectivity index (χ4v) is 11.1. The number of aromatic nitrogens is 1. The first-order chi connectivity index (χ1) is 31.8. The van der Waals surface area contributed by atoms with Crippen LogP contribution in [-0.2, 0) is 16.2 Å². The van der Waals surface area contributed by atoms with Crippen molar-refractivity contribution in [2.24, 2.45) is 0 Å². The quantitative estimate of drug-likeness (QED) is 0.169. The minimum absolute atomic E-state index is 0.0327. The number of fused-ring (bicyclic) bond motifs is 7. The summed E-state index contributed by atoms with van der Waals surface area (Å²) in [7, 11) is 2.44. The Bertz CT molecular complexity index is 3530. The smallest absolute Gasteiger partial charge is 0.198 e. The summed E-state index contributed by atoms with van der Waals surface area (Å²) in [4.78, 5) is 0. The second-order valence-electron chi connectivity index (χ2n) is 21.1. The van der Waals surface area contributed by atoms with Crippen LogP contribution in [-0.4, -0.2) is 11.8 Å². The lowest BCUT2D eigenvalue weighted by Crippen LogP contribution is -2.37. The Balaban J connectivity index is 1.20. The first kappa shape index (κ1) is 40.5. The van der Waals surface area contributed by atoms with Crippen molar-refractivity contribution >= 4 is 62.4 Å². The number of hydrogen-bond acceptors (Lipinski definition) is 2. The summed E-state index contributed by atoms with van der Waals surface area (Å²) < 4.78 is 9.65. The molecule has 4 heteroatoms. The van der Waals surface area contributed by atoms with Gasteiger partial charge in [0.05, 0.1) is 5.52 Å². The van der Waals surface area contributed by atoms with Crippen molar-refractivity contribution in [3.63, 3.8) is 0 Å². The van der Waals surface area contributed by atoms with Crippen LogP contribution in [0.15, 0.2) is 174 Å². The van der Waals surface area contributed by atoms with Gasteiger partial charge in [-0.15, -0.1) is 0 Å². The van der Waals surface area contributed by atoms with E-state index < -0.39 is 0 Å². The van der Waals surface area contributed by atoms with E-state index in [2.05, 4.69) is 235 Å². The predicted octanol–water partition coefficient (Wildman–Crippen LogP) is 15.6. The lowest BCUT2D eigenvalue weighted by molar-refractivity contribution is 0.332. The summed E-state index contributed by atoms with van der Waals surface area (Å²) in [5.41, 5.74) is 21.5. The molecule has 66 heavy (non-hydrogen) atoms. The molecule has 0 saturated carbocycles. The van der Waals surface area contributed by atoms with Crippen LogP contribution in [0.2, 0.25) is 0 Å². The fraction of sp³-hybridized carbons (Fsp3) is 0.194. The zero-order valence-corrected chi connectivity index (χ0v) is 39.0. The van der Waals surface area contributed by atoms with E-state index in [1.54, 1.807) is 0 Å². The number of furan rings is 1. The Kier molecular flexibility index (Phi) is 9.04. The Morgan fingerprint density at radius 1 is 0.576 bits per heavy atom. The van der Waals surface area contributed by atoms with E-state index in [0.29, 0.717) is 0 Å². The van der Waals surface area contributed by atoms with E-state index in [0.717, 1.165) is 68.7 Å². The lowest BCUT2D eigenvalue weighted by atomic mass is 9.58. The van der Waals surface area contributed by atoms with Crippen molar-refractivity contribution < 1.29 is 4.42 Å². The van der Waals surface area contributed by atoms with Gasteiger partial charge in [0.15, 0.2) is 7.28 Å². The molecule has 1 aliphatic heterocycles. The van der Waals surface area contributed by atoms with Crippen molar-refractivity contribution in [2.45, 2.75) is 77.6 Å². The van der Waals surface area contributed by atoms with Gasteiger partial charge in [-0.05, 0) is 122 Å². The summed E-state index contributed by atoms with van der Waals surface area (Å²) in [6.07, 6.45) is 2.30. The van der Waals surface area contributed by atoms with E-state index in [1.807, 2.05) is 0 Å². The third-order valence-electron chi connectivity index (χ3n) is 14.9. The van der Waals surface area contributed by atoms with Crippen molar-refractivity contribution in [3.05, 3.63) is 187 Å². The van der Waals surface area contributed by atoms with Crippen LogP contribution in [0.1, 0.15) is 78.0 Å². The molecule has 12 rings (SSSR count). The largest absolute Gasteiger partial charge is 0.455 e. The average Bonchev–Trinajstić information content (AvgIpc) is 3.87. The molecular weight excluding hydrogens is 800 g/mol. The number of anilines is 2. The second kappa shape index (κ2) is 14.7. The minimum Gasteiger partial charge on any atom is -0.455 e. The van der Waals surface area contributed by atoms with E-state index in [-0.39, 0.29) is 16.2 Å². The van der Waals surface area contributed by atoms with Gasteiger partial charge < -0.3 is 14.3 Å². The predicted molar refractivity (Wildman–Crippen MR) is 281 cm³/mol. The zero-order valence-electron chi connectivity index (χ0n) is 39.0. The van der Waals surface area contributed by atoms with E-state index >= 15 is 0 Å². The highest BCUT2D eigenvalue weighted by Gasteiger charge is 2.39. The standard InChI is InChI=1S/C62H54BN2O/c1-60(2,3)41-27-29-42(30-28-41)64-51-26-18-17-25-43(51)45-33-44(38-19-11-8-12-20-38)56-46-34-48-49(62(6,7)32-31-61(48,4)5)36-52(46)65-53-35-47-54(37-50(53)63-57(45)58(56)65)66-59(40-23-15-10-16-24-40)55(47)39-21-13-9-14-22-39/h8-30,33-37,64H,31-32H2,1-7H3. The Hall–Kier alpha value is -7.04. The molecule has 0 bridgehead atoms. The summed E-state index contributed by atoms with van der Waals surface area (Å²) in [6, 6.07) is 62.5. The first-order valence-corrected chi connectivity index (χ1v) is 23.6. The maximum absolute atomic E-state index is 7.03. The van der Waals surface area contributed by atoms with Crippen LogP contribution >= 0.6 is 0 Å². The molecule has 1 radical (unpaired) electrons. The average molecular weight is 854 g/mol. The summed E-state index contributed by atoms with van der Waals surface area (Å²) >= 11 is 0. The highest BCUT2D eigenvalue weighted by atomic mass is 16.3. The summed E-state index contributed by atoms with van der Waals surface area (Å²) in [5, 5.41) is 7.57. The van der Waals surface area contributed by atoms with Crippen LogP contribution in [0.4, 0.5) is 11.4 Å². The molecule has 2 aromatic heterocycles. The fourth-order valence-electron chi connectivity index (χ4n) is 11.1. The molecule has 1 N–H and O–H groups in total. The number of nitrogens with one attached hydrogen (secondary N) is 1. The summed E-state index contributed by atoms with van der Waals surface area (Å²) in [5.74, 6) is 0.889. The molecule has 0 saturated heterocycles. The molecule has 0 spiro atoms. The van der Waals surface area contributed by atoms with E-state index in [4.69, 9.17) is 4.42 Å². The Morgan fingerprint density at radius 2 is 1.18 bits per heavy atom. The molecule has 0 fully saturated rings. The molecule has 0 atom stereocenters. The van der Waals surface area contributed by atoms with Gasteiger partial charge in [-0.2, -0.15) is 0 Å². The SMILES string of the molecule is CC(C)(C)c1ccc(Nc2ccccc2-c2cc(-c3ccccc3)c3c4cc5c(cc4n4c3c2[B]c2cc3oc(-c6ccccc6)c(-c6ccccc6)c3cc2-4)C(C)(C)CCC5(C)C)cc1. The van der Waals surface area contributed by atoms with Crippen molar-refractivity contribution in [1.29, 1.82) is 0 Å². The number of hydrogen-bond donors (Lipinski definition) is 1. The monoisotopic (exact) mass is 853 g/mol.